The molecule has 0 saturated carbocycles. The van der Waals surface area contributed by atoms with Crippen LogP contribution in [-0.2, 0) is 9.84 Å². The van der Waals surface area contributed by atoms with Crippen LogP contribution >= 0.6 is 0 Å². The van der Waals surface area contributed by atoms with E-state index in [2.05, 4.69) is 0 Å². The summed E-state index contributed by atoms with van der Waals surface area (Å²) < 4.78 is 27.4. The van der Waals surface area contributed by atoms with Crippen molar-refractivity contribution in [2.24, 2.45) is 5.73 Å². The molecule has 0 aliphatic carbocycles. The first-order valence-electron chi connectivity index (χ1n) is 4.91. The molecule has 16 heavy (non-hydrogen) atoms. The number of rotatable bonds is 4. The molecule has 1 atom stereocenters. The van der Waals surface area contributed by atoms with Crippen LogP contribution in [0.25, 0.3) is 0 Å². The highest BCUT2D eigenvalue weighted by molar-refractivity contribution is 7.90. The molecule has 0 bridgehead atoms. The van der Waals surface area contributed by atoms with E-state index >= 15 is 0 Å². The van der Waals surface area contributed by atoms with Crippen molar-refractivity contribution in [2.75, 3.05) is 19.1 Å². The van der Waals surface area contributed by atoms with Crippen molar-refractivity contribution < 1.29 is 13.2 Å². The van der Waals surface area contributed by atoms with Gasteiger partial charge in [-0.15, -0.1) is 0 Å². The van der Waals surface area contributed by atoms with E-state index in [0.717, 1.165) is 16.9 Å². The van der Waals surface area contributed by atoms with Gasteiger partial charge in [0.2, 0.25) is 0 Å². The van der Waals surface area contributed by atoms with Crippen molar-refractivity contribution in [2.45, 2.75) is 13.0 Å². The van der Waals surface area contributed by atoms with Gasteiger partial charge in [-0.05, 0) is 24.1 Å². The molecule has 90 valence electrons. The van der Waals surface area contributed by atoms with Gasteiger partial charge in [0.05, 0.1) is 12.9 Å². The normalized spacial score (nSPS) is 13.5. The summed E-state index contributed by atoms with van der Waals surface area (Å²) in [5.41, 5.74) is 7.58. The molecule has 2 N–H and O–H groups in total. The number of hydrogen-bond acceptors (Lipinski definition) is 4. The molecule has 0 aliphatic rings. The van der Waals surface area contributed by atoms with Crippen molar-refractivity contribution in [3.63, 3.8) is 0 Å². The van der Waals surface area contributed by atoms with Gasteiger partial charge in [0.15, 0.2) is 0 Å². The first kappa shape index (κ1) is 13.0. The third kappa shape index (κ3) is 3.50. The van der Waals surface area contributed by atoms with E-state index in [-0.39, 0.29) is 5.75 Å². The maximum Gasteiger partial charge on any atom is 0.149 e. The monoisotopic (exact) mass is 243 g/mol. The first-order valence-corrected chi connectivity index (χ1v) is 6.97. The average molecular weight is 243 g/mol. The van der Waals surface area contributed by atoms with Crippen LogP contribution in [0.15, 0.2) is 18.2 Å². The molecule has 0 amide bonds. The number of hydrogen-bond donors (Lipinski definition) is 1. The van der Waals surface area contributed by atoms with Crippen molar-refractivity contribution >= 4 is 9.84 Å². The van der Waals surface area contributed by atoms with Crippen molar-refractivity contribution in [1.82, 2.24) is 0 Å². The second-order valence-corrected chi connectivity index (χ2v) is 6.11. The summed E-state index contributed by atoms with van der Waals surface area (Å²) in [6.07, 6.45) is 1.18. The van der Waals surface area contributed by atoms with E-state index in [1.807, 2.05) is 13.0 Å². The summed E-state index contributed by atoms with van der Waals surface area (Å²) >= 11 is 0. The lowest BCUT2D eigenvalue weighted by Gasteiger charge is -2.13. The molecule has 0 spiro atoms. The molecule has 0 heterocycles. The minimum absolute atomic E-state index is 0.0429. The second kappa shape index (κ2) is 4.84. The molecule has 0 fully saturated rings. The summed E-state index contributed by atoms with van der Waals surface area (Å²) in [5, 5.41) is 0. The van der Waals surface area contributed by atoms with Crippen molar-refractivity contribution in [3.8, 4) is 5.75 Å². The Kier molecular flexibility index (Phi) is 3.93. The van der Waals surface area contributed by atoms with Crippen LogP contribution in [-0.4, -0.2) is 27.5 Å². The zero-order chi connectivity index (χ0) is 12.3. The fourth-order valence-electron chi connectivity index (χ4n) is 1.55. The number of aryl methyl sites for hydroxylation is 1. The molecule has 0 aliphatic heterocycles. The number of methoxy groups -OCH3 is 1. The minimum atomic E-state index is -3.06. The third-order valence-corrected chi connectivity index (χ3v) is 3.29. The topological polar surface area (TPSA) is 69.4 Å². The molecule has 1 aromatic rings. The van der Waals surface area contributed by atoms with E-state index in [9.17, 15) is 8.42 Å². The van der Waals surface area contributed by atoms with Crippen LogP contribution in [0, 0.1) is 6.92 Å². The third-order valence-electron chi connectivity index (χ3n) is 2.33. The van der Waals surface area contributed by atoms with Crippen LogP contribution < -0.4 is 10.5 Å². The fraction of sp³-hybridized carbons (Fsp3) is 0.455. The Labute approximate surface area is 96.3 Å². The zero-order valence-corrected chi connectivity index (χ0v) is 10.5. The number of nitrogens with two attached hydrogens (primary N) is 1. The van der Waals surface area contributed by atoms with E-state index in [4.69, 9.17) is 10.5 Å². The highest BCUT2D eigenvalue weighted by atomic mass is 32.2. The Bertz CT molecular complexity index is 468. The van der Waals surface area contributed by atoms with Crippen LogP contribution in [0.3, 0.4) is 0 Å². The maximum absolute atomic E-state index is 11.1. The van der Waals surface area contributed by atoms with Gasteiger partial charge in [-0.3, -0.25) is 0 Å². The van der Waals surface area contributed by atoms with E-state index < -0.39 is 15.9 Å². The zero-order valence-electron chi connectivity index (χ0n) is 9.73. The molecule has 1 rings (SSSR count). The fourth-order valence-corrected chi connectivity index (χ4v) is 2.40. The summed E-state index contributed by atoms with van der Waals surface area (Å²) in [4.78, 5) is 0. The van der Waals surface area contributed by atoms with E-state index in [1.54, 1.807) is 19.2 Å². The first-order chi connectivity index (χ1) is 7.33. The Hall–Kier alpha value is -1.07. The molecule has 1 unspecified atom stereocenters. The molecule has 0 aromatic heterocycles. The lowest BCUT2D eigenvalue weighted by Crippen LogP contribution is -2.20. The van der Waals surface area contributed by atoms with Gasteiger partial charge in [0.25, 0.3) is 0 Å². The Morgan fingerprint density at radius 1 is 1.44 bits per heavy atom. The molecular weight excluding hydrogens is 226 g/mol. The van der Waals surface area contributed by atoms with Gasteiger partial charge in [-0.25, -0.2) is 8.42 Å². The van der Waals surface area contributed by atoms with Crippen LogP contribution in [0.4, 0.5) is 0 Å². The van der Waals surface area contributed by atoms with Gasteiger partial charge in [-0.2, -0.15) is 0 Å². The SMILES string of the molecule is COc1ccc(C(N)CS(C)(=O)=O)cc1C. The van der Waals surface area contributed by atoms with Gasteiger partial charge >= 0.3 is 0 Å². The van der Waals surface area contributed by atoms with Crippen LogP contribution in [0.5, 0.6) is 5.75 Å². The van der Waals surface area contributed by atoms with Gasteiger partial charge < -0.3 is 10.5 Å². The highest BCUT2D eigenvalue weighted by Crippen LogP contribution is 2.22. The predicted molar refractivity (Wildman–Crippen MR) is 64.4 cm³/mol. The Balaban J connectivity index is 2.93. The lowest BCUT2D eigenvalue weighted by molar-refractivity contribution is 0.411. The molecule has 0 radical (unpaired) electrons. The smallest absolute Gasteiger partial charge is 0.149 e. The Morgan fingerprint density at radius 3 is 2.50 bits per heavy atom. The molecule has 4 nitrogen and oxygen atoms in total. The number of sulfone groups is 1. The van der Waals surface area contributed by atoms with Gasteiger partial charge in [0, 0.05) is 12.3 Å². The van der Waals surface area contributed by atoms with Crippen molar-refractivity contribution in [3.05, 3.63) is 29.3 Å². The largest absolute Gasteiger partial charge is 0.496 e. The van der Waals surface area contributed by atoms with Crippen LogP contribution in [0.1, 0.15) is 17.2 Å². The molecule has 0 saturated heterocycles. The quantitative estimate of drug-likeness (QED) is 0.858. The summed E-state index contributed by atoms with van der Waals surface area (Å²) in [7, 11) is -1.46. The van der Waals surface area contributed by atoms with E-state index in [1.165, 1.54) is 6.26 Å². The average Bonchev–Trinajstić information content (AvgIpc) is 2.15. The molecule has 1 aromatic carbocycles. The second-order valence-electron chi connectivity index (χ2n) is 3.93. The summed E-state index contributed by atoms with van der Waals surface area (Å²) in [6, 6.07) is 4.96. The Morgan fingerprint density at radius 2 is 2.06 bits per heavy atom. The number of ether oxygens (including phenoxy) is 1. The molecular formula is C11H17NO3S. The van der Waals surface area contributed by atoms with Crippen LogP contribution in [0.2, 0.25) is 0 Å². The van der Waals surface area contributed by atoms with E-state index in [0.29, 0.717) is 0 Å². The number of benzene rings is 1. The molecule has 5 heteroatoms. The summed E-state index contributed by atoms with van der Waals surface area (Å²) in [6.45, 7) is 1.90. The summed E-state index contributed by atoms with van der Waals surface area (Å²) in [5.74, 6) is 0.731. The van der Waals surface area contributed by atoms with Gasteiger partial charge in [-0.1, -0.05) is 12.1 Å². The lowest BCUT2D eigenvalue weighted by atomic mass is 10.1. The highest BCUT2D eigenvalue weighted by Gasteiger charge is 2.13. The van der Waals surface area contributed by atoms with Gasteiger partial charge in [0.1, 0.15) is 15.6 Å². The van der Waals surface area contributed by atoms with Crippen molar-refractivity contribution in [1.29, 1.82) is 0 Å². The maximum atomic E-state index is 11.1. The predicted octanol–water partition coefficient (Wildman–Crippen LogP) is 1.05. The minimum Gasteiger partial charge on any atom is -0.496 e. The standard InChI is InChI=1S/C11H17NO3S/c1-8-6-9(4-5-11(8)15-2)10(12)7-16(3,13)14/h4-6,10H,7,12H2,1-3H3.